The Kier molecular flexibility index (Phi) is 3.74. The van der Waals surface area contributed by atoms with E-state index in [9.17, 15) is 0 Å². The number of methoxy groups -OCH3 is 1. The number of imidazole rings is 1. The van der Waals surface area contributed by atoms with Crippen LogP contribution in [-0.4, -0.2) is 28.1 Å². The van der Waals surface area contributed by atoms with E-state index >= 15 is 0 Å². The Hall–Kier alpha value is -1.81. The van der Waals surface area contributed by atoms with Gasteiger partial charge in [0.2, 0.25) is 0 Å². The summed E-state index contributed by atoms with van der Waals surface area (Å²) < 4.78 is 7.62. The first-order valence-corrected chi connectivity index (χ1v) is 7.11. The number of para-hydroxylation sites is 1. The van der Waals surface area contributed by atoms with Crippen molar-refractivity contribution >= 4 is 0 Å². The lowest BCUT2D eigenvalue weighted by molar-refractivity contribution is 0.238. The van der Waals surface area contributed by atoms with Crippen molar-refractivity contribution in [3.05, 3.63) is 48.0 Å². The van der Waals surface area contributed by atoms with Crippen LogP contribution < -0.4 is 4.74 Å². The summed E-state index contributed by atoms with van der Waals surface area (Å²) in [4.78, 5) is 6.73. The van der Waals surface area contributed by atoms with E-state index in [0.29, 0.717) is 6.04 Å². The average molecular weight is 271 g/mol. The summed E-state index contributed by atoms with van der Waals surface area (Å²) in [7, 11) is 3.80. The molecule has 4 heteroatoms. The first-order valence-electron chi connectivity index (χ1n) is 7.11. The highest BCUT2D eigenvalue weighted by Crippen LogP contribution is 2.37. The highest BCUT2D eigenvalue weighted by atomic mass is 16.5. The highest BCUT2D eigenvalue weighted by molar-refractivity contribution is 5.36. The van der Waals surface area contributed by atoms with E-state index in [-0.39, 0.29) is 0 Å². The Morgan fingerprint density at radius 1 is 1.35 bits per heavy atom. The number of hydrogen-bond donors (Lipinski definition) is 0. The fourth-order valence-corrected chi connectivity index (χ4v) is 3.05. The topological polar surface area (TPSA) is 30.3 Å². The maximum Gasteiger partial charge on any atom is 0.123 e. The molecule has 1 aromatic carbocycles. The molecule has 0 unspecified atom stereocenters. The second-order valence-corrected chi connectivity index (χ2v) is 5.37. The minimum Gasteiger partial charge on any atom is -0.496 e. The van der Waals surface area contributed by atoms with Crippen molar-refractivity contribution in [1.82, 2.24) is 14.5 Å². The molecule has 0 N–H and O–H groups in total. The molecule has 0 spiro atoms. The van der Waals surface area contributed by atoms with Gasteiger partial charge in [0.25, 0.3) is 0 Å². The third-order valence-corrected chi connectivity index (χ3v) is 4.14. The van der Waals surface area contributed by atoms with Crippen LogP contribution in [0.5, 0.6) is 5.75 Å². The van der Waals surface area contributed by atoms with Gasteiger partial charge in [-0.15, -0.1) is 0 Å². The number of aryl methyl sites for hydroxylation is 1. The maximum absolute atomic E-state index is 5.52. The zero-order valence-electron chi connectivity index (χ0n) is 12.1. The molecule has 1 aliphatic rings. The van der Waals surface area contributed by atoms with Gasteiger partial charge in [-0.1, -0.05) is 18.2 Å². The molecule has 1 saturated heterocycles. The van der Waals surface area contributed by atoms with Crippen LogP contribution in [0.1, 0.15) is 30.1 Å². The van der Waals surface area contributed by atoms with Crippen LogP contribution in [0.15, 0.2) is 36.8 Å². The van der Waals surface area contributed by atoms with E-state index in [1.165, 1.54) is 24.1 Å². The van der Waals surface area contributed by atoms with E-state index in [0.717, 1.165) is 18.8 Å². The Labute approximate surface area is 120 Å². The first-order chi connectivity index (χ1) is 9.79. The SMILES string of the molecule is COc1ccccc1[C@@H]1CCCN1Cc1cncn1C. The smallest absolute Gasteiger partial charge is 0.123 e. The number of benzene rings is 1. The Bertz CT molecular complexity index is 579. The normalized spacial score (nSPS) is 19.4. The van der Waals surface area contributed by atoms with E-state index in [1.807, 2.05) is 18.6 Å². The third-order valence-electron chi connectivity index (χ3n) is 4.14. The van der Waals surface area contributed by atoms with Gasteiger partial charge < -0.3 is 9.30 Å². The van der Waals surface area contributed by atoms with Gasteiger partial charge in [0.1, 0.15) is 5.75 Å². The van der Waals surface area contributed by atoms with Crippen LogP contribution in [0.2, 0.25) is 0 Å². The number of likely N-dealkylation sites (tertiary alicyclic amines) is 1. The fraction of sp³-hybridized carbons (Fsp3) is 0.438. The van der Waals surface area contributed by atoms with Crippen molar-refractivity contribution in [2.45, 2.75) is 25.4 Å². The quantitative estimate of drug-likeness (QED) is 0.856. The summed E-state index contributed by atoms with van der Waals surface area (Å²) in [6, 6.07) is 8.81. The van der Waals surface area contributed by atoms with Crippen LogP contribution in [0.3, 0.4) is 0 Å². The molecule has 106 valence electrons. The van der Waals surface area contributed by atoms with Crippen molar-refractivity contribution in [3.8, 4) is 5.75 Å². The predicted molar refractivity (Wildman–Crippen MR) is 78.6 cm³/mol. The van der Waals surface area contributed by atoms with Crippen molar-refractivity contribution < 1.29 is 4.74 Å². The van der Waals surface area contributed by atoms with Gasteiger partial charge in [0, 0.05) is 31.4 Å². The number of rotatable bonds is 4. The van der Waals surface area contributed by atoms with Crippen molar-refractivity contribution in [2.75, 3.05) is 13.7 Å². The van der Waals surface area contributed by atoms with Gasteiger partial charge in [0.05, 0.1) is 19.1 Å². The molecular weight excluding hydrogens is 250 g/mol. The molecule has 1 aliphatic heterocycles. The first kappa shape index (κ1) is 13.2. The largest absolute Gasteiger partial charge is 0.496 e. The van der Waals surface area contributed by atoms with Crippen molar-refractivity contribution in [1.29, 1.82) is 0 Å². The Morgan fingerprint density at radius 2 is 2.20 bits per heavy atom. The Morgan fingerprint density at radius 3 is 2.95 bits per heavy atom. The summed E-state index contributed by atoms with van der Waals surface area (Å²) in [5, 5.41) is 0. The second kappa shape index (κ2) is 5.67. The molecule has 4 nitrogen and oxygen atoms in total. The van der Waals surface area contributed by atoms with E-state index in [1.54, 1.807) is 7.11 Å². The zero-order valence-corrected chi connectivity index (χ0v) is 12.1. The van der Waals surface area contributed by atoms with Gasteiger partial charge in [0.15, 0.2) is 0 Å². The number of aromatic nitrogens is 2. The van der Waals surface area contributed by atoms with Gasteiger partial charge in [-0.3, -0.25) is 4.90 Å². The Balaban J connectivity index is 1.83. The predicted octanol–water partition coefficient (Wildman–Crippen LogP) is 2.77. The van der Waals surface area contributed by atoms with Crippen molar-refractivity contribution in [3.63, 3.8) is 0 Å². The molecule has 2 heterocycles. The monoisotopic (exact) mass is 271 g/mol. The number of hydrogen-bond acceptors (Lipinski definition) is 3. The molecule has 1 aromatic heterocycles. The average Bonchev–Trinajstić information content (AvgIpc) is 3.09. The molecular formula is C16H21N3O. The van der Waals surface area contributed by atoms with Crippen LogP contribution in [0.4, 0.5) is 0 Å². The maximum atomic E-state index is 5.52. The van der Waals surface area contributed by atoms with E-state index in [4.69, 9.17) is 4.74 Å². The van der Waals surface area contributed by atoms with Gasteiger partial charge in [-0.2, -0.15) is 0 Å². The van der Waals surface area contributed by atoms with Crippen molar-refractivity contribution in [2.24, 2.45) is 7.05 Å². The van der Waals surface area contributed by atoms with Crippen LogP contribution >= 0.6 is 0 Å². The molecule has 1 fully saturated rings. The van der Waals surface area contributed by atoms with E-state index in [2.05, 4.69) is 39.7 Å². The molecule has 0 bridgehead atoms. The van der Waals surface area contributed by atoms with Crippen LogP contribution in [-0.2, 0) is 13.6 Å². The van der Waals surface area contributed by atoms with E-state index < -0.39 is 0 Å². The summed E-state index contributed by atoms with van der Waals surface area (Å²) in [6.45, 7) is 2.08. The molecule has 0 radical (unpaired) electrons. The van der Waals surface area contributed by atoms with Gasteiger partial charge in [-0.05, 0) is 25.5 Å². The molecule has 0 saturated carbocycles. The zero-order chi connectivity index (χ0) is 13.9. The van der Waals surface area contributed by atoms with Gasteiger partial charge in [-0.25, -0.2) is 4.98 Å². The van der Waals surface area contributed by atoms with Gasteiger partial charge >= 0.3 is 0 Å². The molecule has 2 aromatic rings. The molecule has 1 atom stereocenters. The molecule has 0 aliphatic carbocycles. The lowest BCUT2D eigenvalue weighted by Crippen LogP contribution is -2.24. The third kappa shape index (κ3) is 2.43. The minimum atomic E-state index is 0.445. The molecule has 3 rings (SSSR count). The standard InChI is InChI=1S/C16H21N3O/c1-18-12-17-10-13(18)11-19-9-5-7-15(19)14-6-3-4-8-16(14)20-2/h3-4,6,8,10,12,15H,5,7,9,11H2,1-2H3/t15-/m0/s1. The lowest BCUT2D eigenvalue weighted by atomic mass is 10.0. The lowest BCUT2D eigenvalue weighted by Gasteiger charge is -2.26. The molecule has 0 amide bonds. The number of ether oxygens (including phenoxy) is 1. The minimum absolute atomic E-state index is 0.445. The summed E-state index contributed by atoms with van der Waals surface area (Å²) >= 11 is 0. The summed E-state index contributed by atoms with van der Waals surface area (Å²) in [6.07, 6.45) is 6.25. The summed E-state index contributed by atoms with van der Waals surface area (Å²) in [5.41, 5.74) is 2.56. The summed E-state index contributed by atoms with van der Waals surface area (Å²) in [5.74, 6) is 0.995. The van der Waals surface area contributed by atoms with Crippen LogP contribution in [0.25, 0.3) is 0 Å². The molecule has 20 heavy (non-hydrogen) atoms. The number of nitrogens with zero attached hydrogens (tertiary/aromatic N) is 3. The second-order valence-electron chi connectivity index (χ2n) is 5.37. The fourth-order valence-electron chi connectivity index (χ4n) is 3.05. The highest BCUT2D eigenvalue weighted by Gasteiger charge is 2.28. The van der Waals surface area contributed by atoms with Crippen LogP contribution in [0, 0.1) is 0 Å².